The maximum Gasteiger partial charge on any atom is 0.351 e. The first-order valence-electron chi connectivity index (χ1n) is 7.03. The van der Waals surface area contributed by atoms with Gasteiger partial charge in [0.2, 0.25) is 0 Å². The molecule has 2 aromatic rings. The first kappa shape index (κ1) is 15.4. The molecule has 0 fully saturated rings. The normalized spacial score (nSPS) is 13.4. The molecule has 0 atom stereocenters. The lowest BCUT2D eigenvalue weighted by Crippen LogP contribution is -2.30. The van der Waals surface area contributed by atoms with Gasteiger partial charge >= 0.3 is 11.4 Å². The van der Waals surface area contributed by atoms with Gasteiger partial charge in [-0.15, -0.1) is 6.42 Å². The Balaban J connectivity index is 2.20. The maximum atomic E-state index is 14.3. The van der Waals surface area contributed by atoms with Gasteiger partial charge in [0.05, 0.1) is 10.7 Å². The smallest absolute Gasteiger partial charge is 0.351 e. The molecule has 1 aromatic heterocycles. The van der Waals surface area contributed by atoms with E-state index in [1.165, 1.54) is 15.4 Å². The Hall–Kier alpha value is -2.46. The molecule has 0 aliphatic carbocycles. The SMILES string of the molecule is C#CCOc1cc(-n2c(=O)n3n(c2=O)CCCC3)c(F)cc1Cl. The van der Waals surface area contributed by atoms with E-state index in [-0.39, 0.29) is 23.1 Å². The molecule has 1 aliphatic rings. The highest BCUT2D eigenvalue weighted by Crippen LogP contribution is 2.29. The van der Waals surface area contributed by atoms with Crippen LogP contribution in [0.2, 0.25) is 5.02 Å². The van der Waals surface area contributed by atoms with Crippen LogP contribution in [0.4, 0.5) is 4.39 Å². The summed E-state index contributed by atoms with van der Waals surface area (Å²) in [6.07, 6.45) is 6.71. The number of hydrogen-bond acceptors (Lipinski definition) is 3. The third kappa shape index (κ3) is 2.55. The van der Waals surface area contributed by atoms with Gasteiger partial charge < -0.3 is 4.74 Å². The topological polar surface area (TPSA) is 58.2 Å². The molecule has 1 aromatic carbocycles. The second-order valence-electron chi connectivity index (χ2n) is 5.08. The lowest BCUT2D eigenvalue weighted by molar-refractivity contribution is 0.348. The van der Waals surface area contributed by atoms with Crippen LogP contribution in [0.25, 0.3) is 5.69 Å². The van der Waals surface area contributed by atoms with Crippen LogP contribution in [0.15, 0.2) is 21.7 Å². The molecule has 3 rings (SSSR count). The Morgan fingerprint density at radius 1 is 1.22 bits per heavy atom. The minimum Gasteiger partial charge on any atom is -0.479 e. The van der Waals surface area contributed by atoms with Gasteiger partial charge in [-0.25, -0.2) is 27.9 Å². The van der Waals surface area contributed by atoms with E-state index >= 15 is 0 Å². The van der Waals surface area contributed by atoms with Gasteiger partial charge in [0, 0.05) is 19.2 Å². The largest absolute Gasteiger partial charge is 0.479 e. The van der Waals surface area contributed by atoms with E-state index in [2.05, 4.69) is 5.92 Å². The molecule has 0 N–H and O–H groups in total. The van der Waals surface area contributed by atoms with Crippen molar-refractivity contribution in [2.24, 2.45) is 0 Å². The van der Waals surface area contributed by atoms with Crippen molar-refractivity contribution in [3.8, 4) is 23.8 Å². The standard InChI is InChI=1S/C15H13ClFN3O3/c1-2-7-23-13-9-12(11(17)8-10(13)16)20-14(21)18-5-3-4-6-19(18)15(20)22/h1,8-9H,3-7H2. The van der Waals surface area contributed by atoms with Crippen molar-refractivity contribution < 1.29 is 9.13 Å². The van der Waals surface area contributed by atoms with Crippen LogP contribution in [0, 0.1) is 18.2 Å². The summed E-state index contributed by atoms with van der Waals surface area (Å²) in [4.78, 5) is 24.9. The van der Waals surface area contributed by atoms with Gasteiger partial charge in [-0.3, -0.25) is 0 Å². The summed E-state index contributed by atoms with van der Waals surface area (Å²) in [6.45, 7) is 0.790. The molecule has 8 heteroatoms. The Morgan fingerprint density at radius 2 is 1.83 bits per heavy atom. The number of terminal acetylenes is 1. The van der Waals surface area contributed by atoms with Crippen LogP contribution in [0.5, 0.6) is 5.75 Å². The van der Waals surface area contributed by atoms with Crippen molar-refractivity contribution in [1.29, 1.82) is 0 Å². The Morgan fingerprint density at radius 3 is 2.39 bits per heavy atom. The number of benzene rings is 1. The van der Waals surface area contributed by atoms with Gasteiger partial charge in [0.25, 0.3) is 0 Å². The van der Waals surface area contributed by atoms with Crippen molar-refractivity contribution in [3.63, 3.8) is 0 Å². The molecule has 0 saturated carbocycles. The number of ether oxygens (including phenoxy) is 1. The lowest BCUT2D eigenvalue weighted by atomic mass is 10.3. The maximum absolute atomic E-state index is 14.3. The van der Waals surface area contributed by atoms with Crippen LogP contribution < -0.4 is 16.1 Å². The molecule has 120 valence electrons. The summed E-state index contributed by atoms with van der Waals surface area (Å²) in [6, 6.07) is 2.21. The summed E-state index contributed by atoms with van der Waals surface area (Å²) < 4.78 is 22.9. The third-order valence-corrected chi connectivity index (χ3v) is 3.95. The molecule has 2 heterocycles. The zero-order chi connectivity index (χ0) is 16.6. The van der Waals surface area contributed by atoms with E-state index < -0.39 is 17.2 Å². The molecule has 0 spiro atoms. The first-order valence-corrected chi connectivity index (χ1v) is 7.40. The fourth-order valence-corrected chi connectivity index (χ4v) is 2.81. The first-order chi connectivity index (χ1) is 11.0. The molecular formula is C15H13ClFN3O3. The number of halogens is 2. The quantitative estimate of drug-likeness (QED) is 0.795. The summed E-state index contributed by atoms with van der Waals surface area (Å²) in [5.41, 5.74) is -1.37. The van der Waals surface area contributed by atoms with Crippen LogP contribution in [0.1, 0.15) is 12.8 Å². The van der Waals surface area contributed by atoms with Crippen molar-refractivity contribution in [1.82, 2.24) is 13.9 Å². The Kier molecular flexibility index (Phi) is 4.01. The Bertz CT molecular complexity index is 882. The van der Waals surface area contributed by atoms with Crippen molar-refractivity contribution in [2.75, 3.05) is 6.61 Å². The minimum absolute atomic E-state index is 0.0126. The number of fused-ring (bicyclic) bond motifs is 1. The van der Waals surface area contributed by atoms with Crippen molar-refractivity contribution >= 4 is 11.6 Å². The molecule has 23 heavy (non-hydrogen) atoms. The van der Waals surface area contributed by atoms with E-state index in [1.54, 1.807) is 0 Å². The molecule has 0 bridgehead atoms. The van der Waals surface area contributed by atoms with Crippen LogP contribution >= 0.6 is 11.6 Å². The average molecular weight is 338 g/mol. The number of nitrogens with zero attached hydrogens (tertiary/aromatic N) is 3. The fraction of sp³-hybridized carbons (Fsp3) is 0.333. The van der Waals surface area contributed by atoms with E-state index in [0.717, 1.165) is 23.5 Å². The third-order valence-electron chi connectivity index (χ3n) is 3.66. The van der Waals surface area contributed by atoms with Gasteiger partial charge in [-0.2, -0.15) is 0 Å². The lowest BCUT2D eigenvalue weighted by Gasteiger charge is -2.13. The Labute approximate surface area is 135 Å². The molecule has 0 unspecified atom stereocenters. The zero-order valence-corrected chi connectivity index (χ0v) is 12.8. The summed E-state index contributed by atoms with van der Waals surface area (Å²) in [5.74, 6) is 1.59. The van der Waals surface area contributed by atoms with Crippen molar-refractivity contribution in [3.05, 3.63) is 43.9 Å². The van der Waals surface area contributed by atoms with Gasteiger partial charge in [-0.1, -0.05) is 17.5 Å². The predicted octanol–water partition coefficient (Wildman–Crippen LogP) is 1.40. The second kappa shape index (κ2) is 5.97. The molecule has 0 radical (unpaired) electrons. The predicted molar refractivity (Wildman–Crippen MR) is 82.8 cm³/mol. The van der Waals surface area contributed by atoms with E-state index in [4.69, 9.17) is 22.8 Å². The summed E-state index contributed by atoms with van der Waals surface area (Å²) in [5, 5.41) is 0.0126. The number of aromatic nitrogens is 3. The zero-order valence-electron chi connectivity index (χ0n) is 12.1. The van der Waals surface area contributed by atoms with E-state index in [9.17, 15) is 14.0 Å². The highest BCUT2D eigenvalue weighted by atomic mass is 35.5. The van der Waals surface area contributed by atoms with Crippen molar-refractivity contribution in [2.45, 2.75) is 25.9 Å². The van der Waals surface area contributed by atoms with Crippen LogP contribution in [-0.4, -0.2) is 20.5 Å². The minimum atomic E-state index is -0.786. The molecule has 0 amide bonds. The highest BCUT2D eigenvalue weighted by molar-refractivity contribution is 6.32. The average Bonchev–Trinajstić information content (AvgIpc) is 2.79. The monoisotopic (exact) mass is 337 g/mol. The van der Waals surface area contributed by atoms with Crippen LogP contribution in [-0.2, 0) is 13.1 Å². The number of rotatable bonds is 3. The van der Waals surface area contributed by atoms with E-state index in [0.29, 0.717) is 13.1 Å². The van der Waals surface area contributed by atoms with Gasteiger partial charge in [0.1, 0.15) is 18.2 Å². The van der Waals surface area contributed by atoms with Crippen LogP contribution in [0.3, 0.4) is 0 Å². The molecule has 6 nitrogen and oxygen atoms in total. The van der Waals surface area contributed by atoms with Gasteiger partial charge in [-0.05, 0) is 18.9 Å². The molecule has 0 saturated heterocycles. The molecule has 1 aliphatic heterocycles. The second-order valence-corrected chi connectivity index (χ2v) is 5.49. The fourth-order valence-electron chi connectivity index (χ4n) is 2.60. The summed E-state index contributed by atoms with van der Waals surface area (Å²) in [7, 11) is 0. The van der Waals surface area contributed by atoms with Gasteiger partial charge in [0.15, 0.2) is 0 Å². The van der Waals surface area contributed by atoms with E-state index in [1.807, 2.05) is 0 Å². The summed E-state index contributed by atoms with van der Waals surface area (Å²) >= 11 is 5.90. The number of hydrogen-bond donors (Lipinski definition) is 0. The molecular weight excluding hydrogens is 325 g/mol. The highest BCUT2D eigenvalue weighted by Gasteiger charge is 2.22.